The summed E-state index contributed by atoms with van der Waals surface area (Å²) >= 11 is 2.11. The van der Waals surface area contributed by atoms with Crippen molar-refractivity contribution < 1.29 is 62.7 Å². The first-order chi connectivity index (χ1) is 68.3. The van der Waals surface area contributed by atoms with Crippen molar-refractivity contribution in [2.45, 2.75) is 371 Å². The molecule has 7 amide bonds. The van der Waals surface area contributed by atoms with Gasteiger partial charge in [0.25, 0.3) is 11.8 Å². The molecule has 23 nitrogen and oxygen atoms in total. The summed E-state index contributed by atoms with van der Waals surface area (Å²) in [6.07, 6.45) is 29.1. The average Bonchev–Trinajstić information content (AvgIpc) is 1.00. The molecule has 10 N–H and O–H groups in total. The van der Waals surface area contributed by atoms with E-state index in [2.05, 4.69) is 275 Å². The second kappa shape index (κ2) is 58.5. The molecule has 810 valence electrons. The molecule has 0 aromatic heterocycles. The molecule has 0 saturated carbocycles. The smallest absolute Gasteiger partial charge is 0.407 e. The zero-order valence-electron chi connectivity index (χ0n) is 94.9. The lowest BCUT2D eigenvalue weighted by atomic mass is 9.64. The number of benzene rings is 4. The summed E-state index contributed by atoms with van der Waals surface area (Å²) in [5, 5.41) is 47.7. The molecule has 8 aliphatic rings. The maximum Gasteiger partial charge on any atom is 0.407 e. The minimum atomic E-state index is -1.03. The molecule has 4 unspecified atom stereocenters. The van der Waals surface area contributed by atoms with Crippen LogP contribution in [-0.4, -0.2) is 173 Å². The molecule has 25 heteroatoms. The number of thioether (sulfide) groups is 1. The van der Waals surface area contributed by atoms with E-state index in [1.807, 2.05) is 6.07 Å². The number of ether oxygens (including phenoxy) is 3. The van der Waals surface area contributed by atoms with Crippen LogP contribution in [0.5, 0.6) is 11.5 Å². The summed E-state index contributed by atoms with van der Waals surface area (Å²) in [4.78, 5) is 99.6. The highest BCUT2D eigenvalue weighted by Gasteiger charge is 2.42. The molecule has 4 aromatic rings. The van der Waals surface area contributed by atoms with Gasteiger partial charge < -0.3 is 71.8 Å². The van der Waals surface area contributed by atoms with Crippen LogP contribution in [0.15, 0.2) is 79.0 Å². The molecule has 4 atom stereocenters. The summed E-state index contributed by atoms with van der Waals surface area (Å²) < 4.78 is 20.5. The Bertz CT molecular complexity index is 5040. The van der Waals surface area contributed by atoms with E-state index in [4.69, 9.17) is 14.2 Å². The molecule has 0 radical (unpaired) electrons. The summed E-state index contributed by atoms with van der Waals surface area (Å²) in [5.41, 5.74) is 12.8. The molecule has 0 bridgehead atoms. The number of aryl methyl sites for hydroxylation is 2. The first kappa shape index (κ1) is 123. The molecule has 4 aromatic carbocycles. The van der Waals surface area contributed by atoms with Gasteiger partial charge in [0, 0.05) is 171 Å². The third-order valence-electron chi connectivity index (χ3n) is 33.0. The number of fused-ring (bicyclic) bond motifs is 5. The predicted octanol–water partition coefficient (Wildman–Crippen LogP) is 21.3. The Morgan fingerprint density at radius 1 is 0.531 bits per heavy atom. The fourth-order valence-corrected chi connectivity index (χ4v) is 19.6. The van der Waals surface area contributed by atoms with Gasteiger partial charge in [0.15, 0.2) is 0 Å². The highest BCUT2D eigenvalue weighted by molar-refractivity contribution is 8.00. The van der Waals surface area contributed by atoms with E-state index in [1.165, 1.54) is 51.2 Å². The van der Waals surface area contributed by atoms with Crippen LogP contribution < -0.4 is 72.8 Å². The fourth-order valence-electron chi connectivity index (χ4n) is 18.0. The number of carboxylic acid groups (broad SMARTS) is 1. The Morgan fingerprint density at radius 3 is 1.57 bits per heavy atom. The van der Waals surface area contributed by atoms with Crippen LogP contribution in [-0.2, 0) is 54.3 Å². The van der Waals surface area contributed by atoms with E-state index in [9.17, 15) is 48.5 Å². The third-order valence-corrected chi connectivity index (χ3v) is 34.6. The number of hydrogen-bond acceptors (Lipinski definition) is 15. The van der Waals surface area contributed by atoms with Crippen LogP contribution in [0, 0.1) is 73.9 Å². The maximum absolute atomic E-state index is 13.4. The van der Waals surface area contributed by atoms with Gasteiger partial charge in [-0.1, -0.05) is 237 Å². The number of anilines is 1. The minimum Gasteiger partial charge on any atom is -0.478 e. The molecule has 145 heavy (non-hydrogen) atoms. The molecule has 0 spiro atoms. The quantitative estimate of drug-likeness (QED) is 0.00751. The van der Waals surface area contributed by atoms with Crippen LogP contribution in [0.1, 0.15) is 386 Å². The number of nitrogens with zero attached hydrogens (tertiary/aromatic N) is 2. The number of rotatable bonds is 42. The zero-order valence-corrected chi connectivity index (χ0v) is 95.7. The van der Waals surface area contributed by atoms with Crippen molar-refractivity contribution in [2.75, 3.05) is 95.9 Å². The normalized spacial score (nSPS) is 17.5. The molecule has 7 aliphatic heterocycles. The van der Waals surface area contributed by atoms with Crippen LogP contribution >= 0.6 is 11.8 Å². The lowest BCUT2D eigenvalue weighted by molar-refractivity contribution is -0.123. The van der Waals surface area contributed by atoms with Crippen molar-refractivity contribution >= 4 is 82.9 Å². The van der Waals surface area contributed by atoms with Crippen molar-refractivity contribution in [1.29, 1.82) is 0 Å². The van der Waals surface area contributed by atoms with E-state index in [1.54, 1.807) is 43.2 Å². The van der Waals surface area contributed by atoms with Crippen LogP contribution in [0.4, 0.5) is 10.5 Å². The number of allylic oxidation sites excluding steroid dienone is 3. The number of alkyl carbamates (subject to hydrolysis) is 1. The maximum atomic E-state index is 13.4. The van der Waals surface area contributed by atoms with Crippen molar-refractivity contribution in [3.8, 4) is 11.5 Å². The van der Waals surface area contributed by atoms with Gasteiger partial charge in [0.2, 0.25) is 29.0 Å². The Kier molecular flexibility index (Phi) is 49.7. The Hall–Kier alpha value is -8.68. The lowest BCUT2D eigenvalue weighted by Crippen LogP contribution is -2.45. The summed E-state index contributed by atoms with van der Waals surface area (Å²) in [5.74, 6) is 6.09. The molecule has 2 fully saturated rings. The van der Waals surface area contributed by atoms with Gasteiger partial charge in [0.1, 0.15) is 30.7 Å². The SMILES string of the molecule is C=C1CC2C(CSC2CCCCC(=O)NCC(C)(C)C(C)C)N1.CB(O)c1ccc(C(=O)NCCCCC(=O)NCC(C)(C)C(C)C)cc1.CC(C)C(C)(C)CNC(=O)OC1CC/C=C/CCC1.CC(C)C(C)(C)CNC(=O)c1ccc(C2=c3cc4c5c(c3Oc3c2cc2c6c3CCCN6CCC2)CCC[N+]=5CCC4)c(C(=O)O)c1.CCCCC(=O)NCC(C)(C)C(C)C.CCCOCCC(=O)NCC(C)(C)C(C)C. The number of nitrogens with one attached hydrogen (secondary N) is 8. The van der Waals surface area contributed by atoms with Gasteiger partial charge in [-0.2, -0.15) is 11.8 Å². The lowest BCUT2D eigenvalue weighted by Gasteiger charge is -2.39. The third kappa shape index (κ3) is 38.4. The van der Waals surface area contributed by atoms with Crippen molar-refractivity contribution in [2.24, 2.45) is 73.9 Å². The van der Waals surface area contributed by atoms with E-state index in [-0.39, 0.29) is 85.7 Å². The molecule has 2 saturated heterocycles. The molecule has 12 rings (SSSR count). The number of hydrogen-bond donors (Lipinski definition) is 10. The van der Waals surface area contributed by atoms with Crippen LogP contribution in [0.25, 0.3) is 5.57 Å². The summed E-state index contributed by atoms with van der Waals surface area (Å²) in [6.45, 7) is 71.8. The van der Waals surface area contributed by atoms with Crippen molar-refractivity contribution in [3.05, 3.63) is 140 Å². The highest BCUT2D eigenvalue weighted by Crippen LogP contribution is 2.50. The van der Waals surface area contributed by atoms with E-state index < -0.39 is 12.9 Å². The molecule has 1 aliphatic carbocycles. The van der Waals surface area contributed by atoms with Gasteiger partial charge in [-0.25, -0.2) is 14.2 Å². The zero-order chi connectivity index (χ0) is 107. The number of carbonyl (C=O) groups is 8. The second-order valence-corrected chi connectivity index (χ2v) is 49.5. The Labute approximate surface area is 879 Å². The van der Waals surface area contributed by atoms with Gasteiger partial charge >= 0.3 is 19.0 Å². The number of unbranched alkanes of at least 4 members (excludes halogenated alkanes) is 3. The van der Waals surface area contributed by atoms with Gasteiger partial charge in [0.05, 0.1) is 17.7 Å². The standard InChI is InChI=1S/C40H45N3O4.C20H33BN2O3.C19H34N2OS.C16H29NO2.C13H27NO2.C12H25NO/c1-23(2)40(3,4)22-41-38(44)26-13-14-27(30(21-26)39(45)46)33-31-19-24-9-5-15-42-17-7-11-28(34(24)42)36(31)47-37-29-12-8-18-43-16-6-10-25(35(29)43)20-32(33)37;1-15(2)20(3,4)14-23-18(24)8-6-7-13-22-19(25)16-9-11-17(12-10-16)21(5)26;1-13(2)19(4,5)12-20-18(22)9-7-6-8-17-15-10-14(3)21-16(15)11-23-17;1-13(2)16(3,4)12-17-15(18)19-14-10-8-6-5-7-9-11-14;1-6-8-16-9-7-12(15)14-10-13(4,5)11(2)3;1-6-7-8-11(14)13-9-12(4,5)10(2)3/h13-14,19-21,23H,5-12,15-18,22H2,1-4H3,(H-,41,44,45,46);9-12,15,26H,6-8,13-14H2,1-5H3,(H,22,25)(H,23,24);13,15-17,21H,3,6-12H2,1-2,4-5H3,(H,20,22);5-6,13-14H,7-12H2,1-4H3,(H,17,18);11H,6-10H2,1-5H3,(H,14,15);10H,6-9H2,1-5H3,(H,13,14)/p+1/b;;;6-5+;;. The first-order valence-corrected chi connectivity index (χ1v) is 56.8. The highest BCUT2D eigenvalue weighted by atomic mass is 32.2. The Balaban J connectivity index is 0.000000252. The first-order valence-electron chi connectivity index (χ1n) is 55.7. The van der Waals surface area contributed by atoms with Crippen LogP contribution in [0.3, 0.4) is 0 Å². The molecule has 7 heterocycles. The van der Waals surface area contributed by atoms with E-state index in [0.29, 0.717) is 117 Å². The van der Waals surface area contributed by atoms with E-state index in [0.717, 1.165) is 232 Å². The number of amides is 7. The summed E-state index contributed by atoms with van der Waals surface area (Å²) in [7, 11) is 0. The topological polar surface area (TPSA) is 307 Å². The Morgan fingerprint density at radius 2 is 1.03 bits per heavy atom. The molecular formula is C120H194BN10O13S+. The van der Waals surface area contributed by atoms with Crippen molar-refractivity contribution in [1.82, 2.24) is 47.1 Å². The minimum absolute atomic E-state index is 0.0683. The summed E-state index contributed by atoms with van der Waals surface area (Å²) in [6, 6.07) is 17.4. The second-order valence-electron chi connectivity index (χ2n) is 48.2. The fraction of sp³-hybridized carbons (Fsp3) is 0.692. The molecular weight excluding hydrogens is 1830 g/mol. The van der Waals surface area contributed by atoms with Crippen molar-refractivity contribution in [3.63, 3.8) is 0 Å². The number of aromatic carboxylic acids is 1. The number of carbonyl (C=O) groups excluding carboxylic acids is 7. The van der Waals surface area contributed by atoms with Gasteiger partial charge in [-0.3, -0.25) is 28.8 Å². The average molecular weight is 2030 g/mol. The number of carboxylic acids is 1. The van der Waals surface area contributed by atoms with E-state index >= 15 is 0 Å². The predicted molar refractivity (Wildman–Crippen MR) is 601 cm³/mol. The monoisotopic (exact) mass is 2030 g/mol. The van der Waals surface area contributed by atoms with Crippen LogP contribution in [0.2, 0.25) is 6.82 Å². The van der Waals surface area contributed by atoms with Gasteiger partial charge in [-0.15, -0.1) is 0 Å². The largest absolute Gasteiger partial charge is 0.478 e. The van der Waals surface area contributed by atoms with Gasteiger partial charge in [-0.05, 0) is 242 Å².